The predicted octanol–water partition coefficient (Wildman–Crippen LogP) is 3.95. The normalized spacial score (nSPS) is 63.7. The first-order valence-electron chi connectivity index (χ1n) is 5.75. The summed E-state index contributed by atoms with van der Waals surface area (Å²) in [7, 11) is 0. The average molecular weight is 188 g/mol. The van der Waals surface area contributed by atoms with E-state index in [1.165, 1.54) is 12.8 Å². The molecule has 0 heterocycles. The first-order valence-corrected chi connectivity index (χ1v) is 5.75. The van der Waals surface area contributed by atoms with Crippen LogP contribution >= 0.6 is 0 Å². The molecule has 0 amide bonds. The van der Waals surface area contributed by atoms with E-state index in [-0.39, 0.29) is 0 Å². The zero-order valence-corrected chi connectivity index (χ0v) is 9.72. The number of hydrogen-bond donors (Lipinski definition) is 0. The van der Waals surface area contributed by atoms with Crippen LogP contribution in [0.2, 0.25) is 0 Å². The van der Waals surface area contributed by atoms with Gasteiger partial charge in [-0.1, -0.05) is 52.0 Å². The smallest absolute Gasteiger partial charge is 0.000693 e. The minimum absolute atomic E-state index is 0.392. The van der Waals surface area contributed by atoms with Gasteiger partial charge < -0.3 is 0 Å². The maximum Gasteiger partial charge on any atom is 0.000693 e. The second kappa shape index (κ2) is 1.89. The monoisotopic (exact) mass is 188 g/mol. The van der Waals surface area contributed by atoms with Gasteiger partial charge in [0.1, 0.15) is 0 Å². The van der Waals surface area contributed by atoms with Crippen molar-refractivity contribution in [2.75, 3.05) is 0 Å². The van der Waals surface area contributed by atoms with Crippen molar-refractivity contribution in [3.05, 3.63) is 24.3 Å². The van der Waals surface area contributed by atoms with Crippen LogP contribution in [0.15, 0.2) is 24.3 Å². The number of fused-ring (bicyclic) bond motifs is 5. The highest BCUT2D eigenvalue weighted by molar-refractivity contribution is 5.39. The highest BCUT2D eigenvalue weighted by Crippen LogP contribution is 2.78. The first kappa shape index (κ1) is 8.76. The van der Waals surface area contributed by atoms with E-state index in [4.69, 9.17) is 0 Å². The summed E-state index contributed by atoms with van der Waals surface area (Å²) in [5.74, 6) is 0. The van der Waals surface area contributed by atoms with Crippen molar-refractivity contribution in [2.45, 2.75) is 40.5 Å². The Morgan fingerprint density at radius 2 is 1.50 bits per heavy atom. The van der Waals surface area contributed by atoms with E-state index in [9.17, 15) is 0 Å². The summed E-state index contributed by atoms with van der Waals surface area (Å²) < 4.78 is 0. The Hall–Kier alpha value is -0.520. The Morgan fingerprint density at radius 1 is 0.857 bits per heavy atom. The molecule has 0 radical (unpaired) electrons. The quantitative estimate of drug-likeness (QED) is 0.505. The maximum atomic E-state index is 2.49. The van der Waals surface area contributed by atoms with Crippen molar-refractivity contribution in [1.29, 1.82) is 0 Å². The lowest BCUT2D eigenvalue weighted by molar-refractivity contribution is 0.0489. The van der Waals surface area contributed by atoms with Crippen molar-refractivity contribution in [3.63, 3.8) is 0 Å². The standard InChI is InChI=1S/C14H20/c1-11-8-9-12(2,10-11)14(4)7-5-6-13(11,14)3/h5-6,8-9H,7,10H2,1-4H3/t11-,12+,13+,14-/m1/s1. The summed E-state index contributed by atoms with van der Waals surface area (Å²) >= 11 is 0. The highest BCUT2D eigenvalue weighted by atomic mass is 14.7. The lowest BCUT2D eigenvalue weighted by Crippen LogP contribution is -2.43. The molecule has 1 fully saturated rings. The van der Waals surface area contributed by atoms with Crippen molar-refractivity contribution in [2.24, 2.45) is 21.7 Å². The van der Waals surface area contributed by atoms with E-state index in [2.05, 4.69) is 52.0 Å². The summed E-state index contributed by atoms with van der Waals surface area (Å²) in [5, 5.41) is 0. The van der Waals surface area contributed by atoms with Crippen molar-refractivity contribution >= 4 is 0 Å². The molecular weight excluding hydrogens is 168 g/mol. The molecule has 0 aromatic carbocycles. The van der Waals surface area contributed by atoms with Crippen molar-refractivity contribution < 1.29 is 0 Å². The topological polar surface area (TPSA) is 0 Å². The van der Waals surface area contributed by atoms with E-state index < -0.39 is 0 Å². The molecule has 0 aromatic rings. The van der Waals surface area contributed by atoms with Gasteiger partial charge in [-0.2, -0.15) is 0 Å². The van der Waals surface area contributed by atoms with Crippen LogP contribution in [0.4, 0.5) is 0 Å². The average Bonchev–Trinajstić information content (AvgIpc) is 2.60. The lowest BCUT2D eigenvalue weighted by Gasteiger charge is -2.50. The molecule has 3 rings (SSSR count). The molecule has 0 unspecified atom stereocenters. The zero-order chi connectivity index (χ0) is 10.2. The summed E-state index contributed by atoms with van der Waals surface area (Å²) in [6, 6.07) is 0. The van der Waals surface area contributed by atoms with Crippen LogP contribution in [0.1, 0.15) is 40.5 Å². The number of rotatable bonds is 0. The van der Waals surface area contributed by atoms with Gasteiger partial charge in [0, 0.05) is 5.41 Å². The summed E-state index contributed by atoms with van der Waals surface area (Å²) in [5.41, 5.74) is 1.69. The maximum absolute atomic E-state index is 2.49. The minimum atomic E-state index is 0.392. The first-order chi connectivity index (χ1) is 6.37. The zero-order valence-electron chi connectivity index (χ0n) is 9.72. The number of allylic oxidation sites excluding steroid dienone is 4. The van der Waals surface area contributed by atoms with Crippen molar-refractivity contribution in [1.82, 2.24) is 0 Å². The fourth-order valence-corrected chi connectivity index (χ4v) is 4.56. The van der Waals surface area contributed by atoms with Gasteiger partial charge in [-0.15, -0.1) is 0 Å². The third kappa shape index (κ3) is 0.559. The Balaban J connectivity index is 2.29. The molecular formula is C14H20. The van der Waals surface area contributed by atoms with E-state index in [0.717, 1.165) is 0 Å². The van der Waals surface area contributed by atoms with E-state index in [1.807, 2.05) is 0 Å². The molecule has 0 heteroatoms. The molecule has 0 saturated heterocycles. The Bertz CT molecular complexity index is 364. The molecule has 76 valence electrons. The Kier molecular flexibility index (Phi) is 1.18. The highest BCUT2D eigenvalue weighted by Gasteiger charge is 2.70. The molecule has 14 heavy (non-hydrogen) atoms. The van der Waals surface area contributed by atoms with Gasteiger partial charge >= 0.3 is 0 Å². The molecule has 0 aromatic heterocycles. The Labute approximate surface area is 87.1 Å². The Morgan fingerprint density at radius 3 is 2.14 bits per heavy atom. The molecule has 3 aliphatic carbocycles. The van der Waals surface area contributed by atoms with Crippen LogP contribution in [-0.2, 0) is 0 Å². The van der Waals surface area contributed by atoms with Crippen LogP contribution in [-0.4, -0.2) is 0 Å². The molecule has 0 nitrogen and oxygen atoms in total. The van der Waals surface area contributed by atoms with Gasteiger partial charge in [-0.05, 0) is 29.1 Å². The van der Waals surface area contributed by atoms with Crippen LogP contribution in [0, 0.1) is 21.7 Å². The SMILES string of the molecule is C[C@@]12C=CC[C@]1(C)[C@@]1(C)C=C[C@]2(C)C1. The summed E-state index contributed by atoms with van der Waals surface area (Å²) in [6.07, 6.45) is 12.5. The number of hydrogen-bond acceptors (Lipinski definition) is 0. The van der Waals surface area contributed by atoms with Crippen LogP contribution in [0.25, 0.3) is 0 Å². The molecule has 0 spiro atoms. The van der Waals surface area contributed by atoms with Gasteiger partial charge in [0.25, 0.3) is 0 Å². The summed E-state index contributed by atoms with van der Waals surface area (Å²) in [4.78, 5) is 0. The fourth-order valence-electron chi connectivity index (χ4n) is 4.56. The molecule has 4 atom stereocenters. The minimum Gasteiger partial charge on any atom is -0.0873 e. The van der Waals surface area contributed by atoms with Gasteiger partial charge in [-0.25, -0.2) is 0 Å². The third-order valence-corrected chi connectivity index (χ3v) is 6.12. The molecule has 0 aliphatic heterocycles. The van der Waals surface area contributed by atoms with Gasteiger partial charge in [0.05, 0.1) is 0 Å². The van der Waals surface area contributed by atoms with Crippen molar-refractivity contribution in [3.8, 4) is 0 Å². The fraction of sp³-hybridized carbons (Fsp3) is 0.714. The summed E-state index contributed by atoms with van der Waals surface area (Å²) in [6.45, 7) is 9.84. The van der Waals surface area contributed by atoms with Crippen LogP contribution in [0.3, 0.4) is 0 Å². The molecule has 1 saturated carbocycles. The lowest BCUT2D eigenvalue weighted by atomic mass is 9.54. The second-order valence-corrected chi connectivity index (χ2v) is 6.49. The third-order valence-electron chi connectivity index (χ3n) is 6.12. The van der Waals surface area contributed by atoms with E-state index in [1.54, 1.807) is 0 Å². The van der Waals surface area contributed by atoms with E-state index in [0.29, 0.717) is 21.7 Å². The van der Waals surface area contributed by atoms with Gasteiger partial charge in [0.15, 0.2) is 0 Å². The second-order valence-electron chi connectivity index (χ2n) is 6.49. The predicted molar refractivity (Wildman–Crippen MR) is 59.9 cm³/mol. The van der Waals surface area contributed by atoms with Crippen LogP contribution in [0.5, 0.6) is 0 Å². The van der Waals surface area contributed by atoms with Gasteiger partial charge in [0.2, 0.25) is 0 Å². The molecule has 2 bridgehead atoms. The van der Waals surface area contributed by atoms with Gasteiger partial charge in [-0.3, -0.25) is 0 Å². The molecule has 3 aliphatic rings. The largest absolute Gasteiger partial charge is 0.0873 e. The molecule has 0 N–H and O–H groups in total. The van der Waals surface area contributed by atoms with E-state index >= 15 is 0 Å². The van der Waals surface area contributed by atoms with Crippen LogP contribution < -0.4 is 0 Å².